The van der Waals surface area contributed by atoms with E-state index < -0.39 is 5.97 Å². The van der Waals surface area contributed by atoms with Gasteiger partial charge in [-0.1, -0.05) is 0 Å². The molecular weight excluding hydrogens is 370 g/mol. The molecule has 1 N–H and O–H groups in total. The van der Waals surface area contributed by atoms with Gasteiger partial charge in [-0.25, -0.2) is 4.98 Å². The molecule has 2 aromatic rings. The number of ether oxygens (including phenoxy) is 3. The lowest BCUT2D eigenvalue weighted by molar-refractivity contribution is -0.133. The lowest BCUT2D eigenvalue weighted by Gasteiger charge is -2.03. The van der Waals surface area contributed by atoms with Gasteiger partial charge < -0.3 is 23.7 Å². The maximum Gasteiger partial charge on any atom is 0.313 e. The van der Waals surface area contributed by atoms with Crippen LogP contribution in [0, 0.1) is 6.92 Å². The van der Waals surface area contributed by atoms with Crippen LogP contribution in [-0.4, -0.2) is 47.6 Å². The molecular formula is C19H23NO6S. The number of nitrogens with zero attached hydrogens (tertiary/aromatic N) is 1. The molecule has 1 aromatic heterocycles. The fraction of sp³-hybridized carbons (Fsp3) is 0.474. The summed E-state index contributed by atoms with van der Waals surface area (Å²) in [6, 6.07) is 5.63. The largest absolute Gasteiger partial charge is 0.481 e. The summed E-state index contributed by atoms with van der Waals surface area (Å²) < 4.78 is 22.2. The average molecular weight is 393 g/mol. The number of oxazole rings is 1. The third-order valence-corrected chi connectivity index (χ3v) is 5.08. The summed E-state index contributed by atoms with van der Waals surface area (Å²) in [5.74, 6) is 3.04. The van der Waals surface area contributed by atoms with Crippen molar-refractivity contribution in [2.75, 3.05) is 31.5 Å². The average Bonchev–Trinajstić information content (AvgIpc) is 3.26. The van der Waals surface area contributed by atoms with Crippen LogP contribution in [0.5, 0.6) is 11.5 Å². The molecule has 0 saturated carbocycles. The van der Waals surface area contributed by atoms with Crippen molar-refractivity contribution in [3.8, 4) is 23.0 Å². The lowest BCUT2D eigenvalue weighted by Crippen LogP contribution is -2.03. The molecule has 8 heteroatoms. The normalized spacial score (nSPS) is 12.5. The summed E-state index contributed by atoms with van der Waals surface area (Å²) in [6.07, 6.45) is 2.57. The van der Waals surface area contributed by atoms with Gasteiger partial charge >= 0.3 is 5.97 Å². The Kier molecular flexibility index (Phi) is 7.00. The van der Waals surface area contributed by atoms with Gasteiger partial charge in [0.2, 0.25) is 12.7 Å². The first-order valence-electron chi connectivity index (χ1n) is 8.87. The van der Waals surface area contributed by atoms with Crippen molar-refractivity contribution in [1.29, 1.82) is 0 Å². The highest BCUT2D eigenvalue weighted by Crippen LogP contribution is 2.36. The van der Waals surface area contributed by atoms with E-state index in [4.69, 9.17) is 23.7 Å². The fourth-order valence-electron chi connectivity index (χ4n) is 2.65. The second-order valence-electron chi connectivity index (χ2n) is 6.11. The predicted molar refractivity (Wildman–Crippen MR) is 102 cm³/mol. The minimum Gasteiger partial charge on any atom is -0.481 e. The van der Waals surface area contributed by atoms with Gasteiger partial charge in [0.05, 0.1) is 18.1 Å². The molecule has 0 spiro atoms. The highest BCUT2D eigenvalue weighted by Gasteiger charge is 2.17. The third-order valence-electron chi connectivity index (χ3n) is 4.05. The standard InChI is InChI=1S/C19H23NO6S/c1-13-15(6-8-23-7-2-3-9-27-11-18(21)22)20-19(26-13)14-4-5-16-17(10-14)25-12-24-16/h4-5,10H,2-3,6-9,11-12H2,1H3,(H,21,22). The first kappa shape index (κ1) is 19.6. The molecule has 0 atom stereocenters. The van der Waals surface area contributed by atoms with Crippen LogP contribution in [0.2, 0.25) is 0 Å². The van der Waals surface area contributed by atoms with Crippen molar-refractivity contribution in [2.24, 2.45) is 0 Å². The zero-order chi connectivity index (χ0) is 19.1. The Hall–Kier alpha value is -2.19. The molecule has 0 fully saturated rings. The number of hydrogen-bond acceptors (Lipinski definition) is 7. The van der Waals surface area contributed by atoms with Crippen LogP contribution >= 0.6 is 11.8 Å². The molecule has 0 unspecified atom stereocenters. The second kappa shape index (κ2) is 9.66. The SMILES string of the molecule is Cc1oc(-c2ccc3c(c2)OCO3)nc1CCOCCCCSCC(=O)O. The summed E-state index contributed by atoms with van der Waals surface area (Å²) in [7, 11) is 0. The van der Waals surface area contributed by atoms with Crippen LogP contribution in [0.1, 0.15) is 24.3 Å². The summed E-state index contributed by atoms with van der Waals surface area (Å²) in [5, 5.41) is 8.56. The van der Waals surface area contributed by atoms with Crippen LogP contribution in [0.4, 0.5) is 0 Å². The van der Waals surface area contributed by atoms with Crippen molar-refractivity contribution in [3.05, 3.63) is 29.7 Å². The Morgan fingerprint density at radius 1 is 1.26 bits per heavy atom. The van der Waals surface area contributed by atoms with E-state index in [1.54, 1.807) is 0 Å². The molecule has 0 aliphatic carbocycles. The Labute approximate surface area is 162 Å². The summed E-state index contributed by atoms with van der Waals surface area (Å²) in [4.78, 5) is 15.0. The first-order valence-corrected chi connectivity index (χ1v) is 10.0. The number of aliphatic carboxylic acids is 1. The van der Waals surface area contributed by atoms with Gasteiger partial charge in [-0.05, 0) is 43.7 Å². The van der Waals surface area contributed by atoms with E-state index in [1.807, 2.05) is 25.1 Å². The Bertz CT molecular complexity index is 776. The van der Waals surface area contributed by atoms with E-state index in [0.29, 0.717) is 31.3 Å². The molecule has 1 aromatic carbocycles. The summed E-state index contributed by atoms with van der Waals surface area (Å²) in [5.41, 5.74) is 1.74. The zero-order valence-electron chi connectivity index (χ0n) is 15.2. The minimum atomic E-state index is -0.764. The zero-order valence-corrected chi connectivity index (χ0v) is 16.0. The first-order chi connectivity index (χ1) is 13.1. The van der Waals surface area contributed by atoms with Crippen molar-refractivity contribution < 1.29 is 28.5 Å². The van der Waals surface area contributed by atoms with Gasteiger partial charge in [-0.15, -0.1) is 0 Å². The van der Waals surface area contributed by atoms with E-state index in [-0.39, 0.29) is 12.5 Å². The van der Waals surface area contributed by atoms with Crippen LogP contribution < -0.4 is 9.47 Å². The van der Waals surface area contributed by atoms with Gasteiger partial charge in [-0.2, -0.15) is 11.8 Å². The van der Waals surface area contributed by atoms with Crippen molar-refractivity contribution in [2.45, 2.75) is 26.2 Å². The predicted octanol–water partition coefficient (Wildman–Crippen LogP) is 3.54. The third kappa shape index (κ3) is 5.64. The number of aromatic nitrogens is 1. The molecule has 0 radical (unpaired) electrons. The second-order valence-corrected chi connectivity index (χ2v) is 7.21. The van der Waals surface area contributed by atoms with E-state index >= 15 is 0 Å². The van der Waals surface area contributed by atoms with Gasteiger partial charge in [0.15, 0.2) is 11.5 Å². The molecule has 0 saturated heterocycles. The Morgan fingerprint density at radius 2 is 2.11 bits per heavy atom. The number of hydrogen-bond donors (Lipinski definition) is 1. The van der Waals surface area contributed by atoms with Crippen LogP contribution in [0.3, 0.4) is 0 Å². The number of benzene rings is 1. The maximum absolute atomic E-state index is 10.4. The van der Waals surface area contributed by atoms with E-state index in [2.05, 4.69) is 4.98 Å². The molecule has 1 aliphatic rings. The molecule has 3 rings (SSSR count). The molecule has 0 amide bonds. The maximum atomic E-state index is 10.4. The number of rotatable bonds is 11. The summed E-state index contributed by atoms with van der Waals surface area (Å²) in [6.45, 7) is 3.39. The smallest absolute Gasteiger partial charge is 0.313 e. The van der Waals surface area contributed by atoms with E-state index in [1.165, 1.54) is 11.8 Å². The molecule has 2 heterocycles. The number of aryl methyl sites for hydroxylation is 1. The van der Waals surface area contributed by atoms with Crippen molar-refractivity contribution >= 4 is 17.7 Å². The van der Waals surface area contributed by atoms with E-state index in [9.17, 15) is 4.79 Å². The number of carboxylic acid groups (broad SMARTS) is 1. The van der Waals surface area contributed by atoms with E-state index in [0.717, 1.165) is 41.4 Å². The van der Waals surface area contributed by atoms with Gasteiger partial charge in [0, 0.05) is 18.6 Å². The minimum absolute atomic E-state index is 0.165. The highest BCUT2D eigenvalue weighted by molar-refractivity contribution is 7.99. The van der Waals surface area contributed by atoms with Crippen molar-refractivity contribution in [3.63, 3.8) is 0 Å². The molecule has 0 bridgehead atoms. The van der Waals surface area contributed by atoms with Crippen LogP contribution in [-0.2, 0) is 16.0 Å². The monoisotopic (exact) mass is 393 g/mol. The number of carbonyl (C=O) groups is 1. The lowest BCUT2D eigenvalue weighted by atomic mass is 10.2. The molecule has 27 heavy (non-hydrogen) atoms. The van der Waals surface area contributed by atoms with Gasteiger partial charge in [0.25, 0.3) is 0 Å². The summed E-state index contributed by atoms with van der Waals surface area (Å²) >= 11 is 1.44. The van der Waals surface area contributed by atoms with Crippen LogP contribution in [0.25, 0.3) is 11.5 Å². The highest BCUT2D eigenvalue weighted by atomic mass is 32.2. The van der Waals surface area contributed by atoms with Crippen molar-refractivity contribution in [1.82, 2.24) is 4.98 Å². The Balaban J connectivity index is 1.39. The Morgan fingerprint density at radius 3 is 2.96 bits per heavy atom. The number of unbranched alkanes of at least 4 members (excludes halogenated alkanes) is 1. The number of thioether (sulfide) groups is 1. The quantitative estimate of drug-likeness (QED) is 0.580. The fourth-order valence-corrected chi connectivity index (χ4v) is 3.38. The van der Waals surface area contributed by atoms with Crippen LogP contribution in [0.15, 0.2) is 22.6 Å². The molecule has 7 nitrogen and oxygen atoms in total. The van der Waals surface area contributed by atoms with Gasteiger partial charge in [0.1, 0.15) is 5.76 Å². The number of fused-ring (bicyclic) bond motifs is 1. The topological polar surface area (TPSA) is 91.0 Å². The molecule has 1 aliphatic heterocycles. The molecule has 146 valence electrons. The number of carboxylic acids is 1. The van der Waals surface area contributed by atoms with Gasteiger partial charge in [-0.3, -0.25) is 4.79 Å².